The molecule has 1 atom stereocenters. The molecule has 3 aromatic rings. The molecule has 0 radical (unpaired) electrons. The van der Waals surface area contributed by atoms with Crippen molar-refractivity contribution in [2.45, 2.75) is 6.04 Å². The minimum absolute atomic E-state index is 0.0203. The molecule has 1 unspecified atom stereocenters. The molecule has 0 aliphatic carbocycles. The first-order valence-electron chi connectivity index (χ1n) is 8.89. The van der Waals surface area contributed by atoms with Gasteiger partial charge in [-0.3, -0.25) is 9.69 Å². The largest absolute Gasteiger partial charge is 0.453 e. The van der Waals surface area contributed by atoms with Gasteiger partial charge in [0.25, 0.3) is 0 Å². The minimum Gasteiger partial charge on any atom is -0.453 e. The number of hydrogen-bond acceptors (Lipinski definition) is 6. The number of thiophene rings is 1. The van der Waals surface area contributed by atoms with E-state index in [1.165, 1.54) is 4.88 Å². The van der Waals surface area contributed by atoms with Gasteiger partial charge >= 0.3 is 0 Å². The van der Waals surface area contributed by atoms with Crippen LogP contribution in [0.5, 0.6) is 0 Å². The van der Waals surface area contributed by atoms with Crippen LogP contribution in [-0.2, 0) is 4.74 Å². The quantitative estimate of drug-likeness (QED) is 0.647. The van der Waals surface area contributed by atoms with Gasteiger partial charge in [-0.1, -0.05) is 24.3 Å². The normalized spacial score (nSPS) is 16.8. The molecule has 0 amide bonds. The average molecular weight is 370 g/mol. The second kappa shape index (κ2) is 8.14. The first kappa shape index (κ1) is 17.4. The van der Waals surface area contributed by atoms with Crippen LogP contribution in [0.3, 0.4) is 0 Å². The van der Waals surface area contributed by atoms with Gasteiger partial charge in [0.1, 0.15) is 5.58 Å². The number of Topliss-reactive ketones (excluding diaryl/α,β-unsaturated/α-hetero) is 1. The van der Waals surface area contributed by atoms with E-state index in [0.29, 0.717) is 5.76 Å². The summed E-state index contributed by atoms with van der Waals surface area (Å²) in [6, 6.07) is 14.0. The topological polar surface area (TPSA) is 54.7 Å². The molecular weight excluding hydrogens is 348 g/mol. The summed E-state index contributed by atoms with van der Waals surface area (Å²) in [4.78, 5) is 16.2. The molecule has 1 saturated heterocycles. The van der Waals surface area contributed by atoms with Gasteiger partial charge < -0.3 is 14.5 Å². The van der Waals surface area contributed by atoms with Crippen LogP contribution in [0.25, 0.3) is 11.0 Å². The van der Waals surface area contributed by atoms with Crippen LogP contribution in [0.1, 0.15) is 21.5 Å². The Hall–Kier alpha value is -1.99. The van der Waals surface area contributed by atoms with E-state index >= 15 is 0 Å². The predicted molar refractivity (Wildman–Crippen MR) is 103 cm³/mol. The molecule has 1 aliphatic heterocycles. The van der Waals surface area contributed by atoms with Crippen molar-refractivity contribution in [3.05, 3.63) is 58.5 Å². The zero-order valence-corrected chi connectivity index (χ0v) is 15.3. The van der Waals surface area contributed by atoms with Crippen LogP contribution in [-0.4, -0.2) is 50.1 Å². The SMILES string of the molecule is O=C(CNCC(c1cccs1)N1CCOCC1)c1cc2ccccc2o1. The Morgan fingerprint density at radius 3 is 2.81 bits per heavy atom. The lowest BCUT2D eigenvalue weighted by Gasteiger charge is -2.34. The highest BCUT2D eigenvalue weighted by molar-refractivity contribution is 7.10. The summed E-state index contributed by atoms with van der Waals surface area (Å²) in [5.74, 6) is 0.394. The summed E-state index contributed by atoms with van der Waals surface area (Å²) in [6.45, 7) is 4.36. The highest BCUT2D eigenvalue weighted by Crippen LogP contribution is 2.25. The van der Waals surface area contributed by atoms with Gasteiger partial charge in [-0.2, -0.15) is 0 Å². The van der Waals surface area contributed by atoms with Crippen molar-refractivity contribution in [3.63, 3.8) is 0 Å². The summed E-state index contributed by atoms with van der Waals surface area (Å²) in [5, 5.41) is 6.39. The number of furan rings is 1. The zero-order chi connectivity index (χ0) is 17.8. The van der Waals surface area contributed by atoms with Crippen molar-refractivity contribution in [1.82, 2.24) is 10.2 Å². The Bertz CT molecular complexity index is 820. The Morgan fingerprint density at radius 1 is 1.19 bits per heavy atom. The maximum atomic E-state index is 12.5. The second-order valence-corrected chi connectivity index (χ2v) is 7.36. The van der Waals surface area contributed by atoms with E-state index < -0.39 is 0 Å². The number of morpholine rings is 1. The van der Waals surface area contributed by atoms with Crippen LogP contribution in [0.4, 0.5) is 0 Å². The van der Waals surface area contributed by atoms with Crippen LogP contribution in [0, 0.1) is 0 Å². The molecule has 1 aliphatic rings. The Morgan fingerprint density at radius 2 is 2.04 bits per heavy atom. The van der Waals surface area contributed by atoms with Gasteiger partial charge in [0.05, 0.1) is 25.8 Å². The number of carbonyl (C=O) groups excluding carboxylic acids is 1. The predicted octanol–water partition coefficient (Wildman–Crippen LogP) is 3.34. The molecule has 136 valence electrons. The monoisotopic (exact) mass is 370 g/mol. The number of para-hydroxylation sites is 1. The van der Waals surface area contributed by atoms with Crippen molar-refractivity contribution < 1.29 is 13.9 Å². The number of hydrogen-bond donors (Lipinski definition) is 1. The third-order valence-electron chi connectivity index (χ3n) is 4.68. The lowest BCUT2D eigenvalue weighted by Crippen LogP contribution is -2.43. The fourth-order valence-corrected chi connectivity index (χ4v) is 4.17. The number of nitrogens with one attached hydrogen (secondary N) is 1. The number of fused-ring (bicyclic) bond motifs is 1. The third kappa shape index (κ3) is 3.88. The van der Waals surface area contributed by atoms with Crippen LogP contribution >= 0.6 is 11.3 Å². The molecule has 0 saturated carbocycles. The molecule has 5 nitrogen and oxygen atoms in total. The van der Waals surface area contributed by atoms with Gasteiger partial charge in [0, 0.05) is 29.9 Å². The summed E-state index contributed by atoms with van der Waals surface area (Å²) < 4.78 is 11.1. The van der Waals surface area contributed by atoms with Gasteiger partial charge in [-0.15, -0.1) is 11.3 Å². The smallest absolute Gasteiger partial charge is 0.211 e. The van der Waals surface area contributed by atoms with Crippen LogP contribution in [0.15, 0.2) is 52.3 Å². The number of ether oxygens (including phenoxy) is 1. The van der Waals surface area contributed by atoms with Gasteiger partial charge in [0.2, 0.25) is 5.78 Å². The highest BCUT2D eigenvalue weighted by atomic mass is 32.1. The zero-order valence-electron chi connectivity index (χ0n) is 14.5. The third-order valence-corrected chi connectivity index (χ3v) is 5.66. The van der Waals surface area contributed by atoms with E-state index in [-0.39, 0.29) is 18.4 Å². The maximum absolute atomic E-state index is 12.5. The van der Waals surface area contributed by atoms with Gasteiger partial charge in [-0.25, -0.2) is 0 Å². The summed E-state index contributed by atoms with van der Waals surface area (Å²) in [7, 11) is 0. The van der Waals surface area contributed by atoms with E-state index in [4.69, 9.17) is 9.15 Å². The first-order valence-corrected chi connectivity index (χ1v) is 9.77. The Kier molecular flexibility index (Phi) is 5.45. The molecule has 3 heterocycles. The number of benzene rings is 1. The molecule has 0 bridgehead atoms. The molecule has 1 aromatic carbocycles. The first-order chi connectivity index (χ1) is 12.8. The molecule has 26 heavy (non-hydrogen) atoms. The highest BCUT2D eigenvalue weighted by Gasteiger charge is 2.23. The Balaban J connectivity index is 1.38. The van der Waals surface area contributed by atoms with Crippen LogP contribution in [0.2, 0.25) is 0 Å². The van der Waals surface area contributed by atoms with Crippen molar-refractivity contribution in [3.8, 4) is 0 Å². The lowest BCUT2D eigenvalue weighted by molar-refractivity contribution is 0.0169. The van der Waals surface area contributed by atoms with Crippen molar-refractivity contribution in [2.75, 3.05) is 39.4 Å². The van der Waals surface area contributed by atoms with Crippen LogP contribution < -0.4 is 5.32 Å². The number of nitrogens with zero attached hydrogens (tertiary/aromatic N) is 1. The molecule has 0 spiro atoms. The fraction of sp³-hybridized carbons (Fsp3) is 0.350. The van der Waals surface area contributed by atoms with E-state index in [1.807, 2.05) is 30.3 Å². The van der Waals surface area contributed by atoms with E-state index in [0.717, 1.165) is 43.8 Å². The molecule has 1 fully saturated rings. The standard InChI is InChI=1S/C20H22N2O3S/c23-17(19-12-15-4-1-2-5-18(15)25-19)14-21-13-16(20-6-3-11-26-20)22-7-9-24-10-8-22/h1-6,11-12,16,21H,7-10,13-14H2. The number of ketones is 1. The molecule has 2 aromatic heterocycles. The fourth-order valence-electron chi connectivity index (χ4n) is 3.31. The molecular formula is C20H22N2O3S. The van der Waals surface area contributed by atoms with E-state index in [2.05, 4.69) is 27.7 Å². The second-order valence-electron chi connectivity index (χ2n) is 6.38. The number of carbonyl (C=O) groups is 1. The summed E-state index contributed by atoms with van der Waals surface area (Å²) in [6.07, 6.45) is 0. The molecule has 1 N–H and O–H groups in total. The maximum Gasteiger partial charge on any atom is 0.211 e. The van der Waals surface area contributed by atoms with Crippen molar-refractivity contribution in [1.29, 1.82) is 0 Å². The summed E-state index contributed by atoms with van der Waals surface area (Å²) >= 11 is 1.76. The van der Waals surface area contributed by atoms with E-state index in [1.54, 1.807) is 11.3 Å². The molecule has 4 rings (SSSR count). The van der Waals surface area contributed by atoms with Crippen molar-refractivity contribution in [2.24, 2.45) is 0 Å². The lowest BCUT2D eigenvalue weighted by atomic mass is 10.1. The number of rotatable bonds is 7. The van der Waals surface area contributed by atoms with E-state index in [9.17, 15) is 4.79 Å². The molecule has 6 heteroatoms. The van der Waals surface area contributed by atoms with Gasteiger partial charge in [-0.05, 0) is 23.6 Å². The average Bonchev–Trinajstić information content (AvgIpc) is 3.35. The Labute approximate surface area is 156 Å². The van der Waals surface area contributed by atoms with Crippen molar-refractivity contribution >= 4 is 28.1 Å². The van der Waals surface area contributed by atoms with Gasteiger partial charge in [0.15, 0.2) is 5.76 Å². The minimum atomic E-state index is -0.0203. The summed E-state index contributed by atoms with van der Waals surface area (Å²) in [5.41, 5.74) is 0.751.